The Kier molecular flexibility index (Phi) is 5.32. The summed E-state index contributed by atoms with van der Waals surface area (Å²) in [6, 6.07) is 6.98. The molecule has 96 valence electrons. The Hall–Kier alpha value is -2.42. The summed E-state index contributed by atoms with van der Waals surface area (Å²) in [5.41, 5.74) is 0.735. The number of ether oxygens (including phenoxy) is 3. The van der Waals surface area contributed by atoms with Gasteiger partial charge in [-0.3, -0.25) is 0 Å². The highest BCUT2D eigenvalue weighted by Crippen LogP contribution is 2.22. The average Bonchev–Trinajstić information content (AvgIpc) is 2.42. The number of hydrogen-bond donors (Lipinski definition) is 1. The summed E-state index contributed by atoms with van der Waals surface area (Å²) in [7, 11) is 3.08. The van der Waals surface area contributed by atoms with Crippen LogP contribution in [0.1, 0.15) is 5.56 Å². The lowest BCUT2D eigenvalue weighted by molar-refractivity contribution is 0.140. The standard InChI is InChI=1S/C12H14N2O4/c1-16-10-5-9(6-11(7-10)17-2)8-18-12(15)14-4-3-13/h5-7H,4,8H2,1-2H3,(H,14,15). The topological polar surface area (TPSA) is 80.6 Å². The van der Waals surface area contributed by atoms with Crippen LogP contribution in [0.2, 0.25) is 0 Å². The summed E-state index contributed by atoms with van der Waals surface area (Å²) in [4.78, 5) is 11.1. The summed E-state index contributed by atoms with van der Waals surface area (Å²) in [5.74, 6) is 1.23. The Balaban J connectivity index is 2.61. The molecule has 1 amide bonds. The number of rotatable bonds is 5. The van der Waals surface area contributed by atoms with Crippen molar-refractivity contribution in [2.24, 2.45) is 0 Å². The van der Waals surface area contributed by atoms with Gasteiger partial charge in [0.15, 0.2) is 0 Å². The molecule has 0 radical (unpaired) electrons. The Morgan fingerprint density at radius 2 is 1.89 bits per heavy atom. The minimum absolute atomic E-state index is 0.0742. The van der Waals surface area contributed by atoms with Gasteiger partial charge in [-0.15, -0.1) is 0 Å². The zero-order valence-corrected chi connectivity index (χ0v) is 10.2. The number of amides is 1. The van der Waals surface area contributed by atoms with E-state index >= 15 is 0 Å². The molecule has 0 saturated heterocycles. The average molecular weight is 250 g/mol. The van der Waals surface area contributed by atoms with Gasteiger partial charge in [-0.1, -0.05) is 0 Å². The molecule has 1 N–H and O–H groups in total. The Morgan fingerprint density at radius 3 is 2.39 bits per heavy atom. The van der Waals surface area contributed by atoms with Crippen molar-refractivity contribution in [2.75, 3.05) is 20.8 Å². The number of nitrogens with one attached hydrogen (secondary N) is 1. The lowest BCUT2D eigenvalue weighted by atomic mass is 10.2. The fraction of sp³-hybridized carbons (Fsp3) is 0.333. The van der Waals surface area contributed by atoms with Crippen molar-refractivity contribution in [3.63, 3.8) is 0 Å². The van der Waals surface area contributed by atoms with Crippen molar-refractivity contribution in [1.29, 1.82) is 5.26 Å². The van der Waals surface area contributed by atoms with Crippen LogP contribution in [0.15, 0.2) is 18.2 Å². The van der Waals surface area contributed by atoms with E-state index in [0.717, 1.165) is 5.56 Å². The Morgan fingerprint density at radius 1 is 1.28 bits per heavy atom. The molecule has 0 aliphatic carbocycles. The number of nitriles is 1. The first-order valence-electron chi connectivity index (χ1n) is 5.19. The van der Waals surface area contributed by atoms with Gasteiger partial charge in [-0.05, 0) is 17.7 Å². The largest absolute Gasteiger partial charge is 0.497 e. The molecule has 1 aromatic carbocycles. The Bertz CT molecular complexity index is 432. The van der Waals surface area contributed by atoms with Crippen molar-refractivity contribution in [1.82, 2.24) is 5.32 Å². The third kappa shape index (κ3) is 4.22. The number of alkyl carbamates (subject to hydrolysis) is 1. The summed E-state index contributed by atoms with van der Waals surface area (Å²) in [6.45, 7) is -0.00884. The van der Waals surface area contributed by atoms with Crippen LogP contribution in [0.3, 0.4) is 0 Å². The summed E-state index contributed by atoms with van der Waals surface area (Å²) in [5, 5.41) is 10.6. The fourth-order valence-electron chi connectivity index (χ4n) is 1.26. The van der Waals surface area contributed by atoms with Crippen LogP contribution in [0.25, 0.3) is 0 Å². The van der Waals surface area contributed by atoms with Crippen LogP contribution >= 0.6 is 0 Å². The molecule has 1 rings (SSSR count). The van der Waals surface area contributed by atoms with Crippen molar-refractivity contribution < 1.29 is 19.0 Å². The van der Waals surface area contributed by atoms with Gasteiger partial charge in [-0.25, -0.2) is 4.79 Å². The molecule has 0 aliphatic heterocycles. The Labute approximate surface area is 105 Å². The molecule has 6 heteroatoms. The highest BCUT2D eigenvalue weighted by atomic mass is 16.5. The van der Waals surface area contributed by atoms with E-state index in [-0.39, 0.29) is 13.2 Å². The normalized spacial score (nSPS) is 9.17. The predicted molar refractivity (Wildman–Crippen MR) is 63.3 cm³/mol. The number of carbonyl (C=O) groups excluding carboxylic acids is 1. The van der Waals surface area contributed by atoms with Crippen molar-refractivity contribution in [2.45, 2.75) is 6.61 Å². The number of methoxy groups -OCH3 is 2. The van der Waals surface area contributed by atoms with Crippen molar-refractivity contribution in [3.05, 3.63) is 23.8 Å². The minimum Gasteiger partial charge on any atom is -0.497 e. The van der Waals surface area contributed by atoms with Crippen molar-refractivity contribution in [3.8, 4) is 17.6 Å². The quantitative estimate of drug-likeness (QED) is 0.800. The first-order chi connectivity index (χ1) is 8.69. The van der Waals surface area contributed by atoms with E-state index in [9.17, 15) is 4.79 Å². The van der Waals surface area contributed by atoms with Gasteiger partial charge in [0.25, 0.3) is 0 Å². The molecule has 0 saturated carbocycles. The molecule has 1 aromatic rings. The summed E-state index contributed by atoms with van der Waals surface area (Å²) in [6.07, 6.45) is -0.640. The highest BCUT2D eigenvalue weighted by molar-refractivity contribution is 5.67. The van der Waals surface area contributed by atoms with Crippen LogP contribution < -0.4 is 14.8 Å². The monoisotopic (exact) mass is 250 g/mol. The van der Waals surface area contributed by atoms with Gasteiger partial charge >= 0.3 is 6.09 Å². The lowest BCUT2D eigenvalue weighted by Crippen LogP contribution is -2.24. The molecule has 18 heavy (non-hydrogen) atoms. The molecule has 6 nitrogen and oxygen atoms in total. The number of nitrogens with zero attached hydrogens (tertiary/aromatic N) is 1. The molecule has 0 unspecified atom stereocenters. The van der Waals surface area contributed by atoms with Gasteiger partial charge in [0.2, 0.25) is 0 Å². The molecular weight excluding hydrogens is 236 g/mol. The van der Waals surface area contributed by atoms with Gasteiger partial charge < -0.3 is 19.5 Å². The van der Waals surface area contributed by atoms with Crippen LogP contribution in [0.4, 0.5) is 4.79 Å². The van der Waals surface area contributed by atoms with E-state index in [4.69, 9.17) is 19.5 Å². The van der Waals surface area contributed by atoms with Gasteiger partial charge in [0.1, 0.15) is 24.7 Å². The number of carbonyl (C=O) groups is 1. The second-order valence-corrected chi connectivity index (χ2v) is 3.31. The molecule has 0 spiro atoms. The summed E-state index contributed by atoms with van der Waals surface area (Å²) >= 11 is 0. The zero-order valence-electron chi connectivity index (χ0n) is 10.2. The predicted octanol–water partition coefficient (Wildman–Crippen LogP) is 1.45. The molecule has 0 fully saturated rings. The maximum Gasteiger partial charge on any atom is 0.408 e. The van der Waals surface area contributed by atoms with E-state index in [0.29, 0.717) is 11.5 Å². The molecule has 0 aromatic heterocycles. The fourth-order valence-corrected chi connectivity index (χ4v) is 1.26. The number of benzene rings is 1. The SMILES string of the molecule is COc1cc(COC(=O)NCC#N)cc(OC)c1. The van der Waals surface area contributed by atoms with Crippen LogP contribution in [0, 0.1) is 11.3 Å². The van der Waals surface area contributed by atoms with Gasteiger partial charge in [0.05, 0.1) is 20.3 Å². The van der Waals surface area contributed by atoms with Crippen LogP contribution in [-0.4, -0.2) is 26.9 Å². The molecular formula is C12H14N2O4. The highest BCUT2D eigenvalue weighted by Gasteiger charge is 2.05. The second kappa shape index (κ2) is 7.01. The van der Waals surface area contributed by atoms with Gasteiger partial charge in [-0.2, -0.15) is 5.26 Å². The van der Waals surface area contributed by atoms with E-state index in [2.05, 4.69) is 5.32 Å². The number of hydrogen-bond acceptors (Lipinski definition) is 5. The van der Waals surface area contributed by atoms with Crippen molar-refractivity contribution >= 4 is 6.09 Å². The molecule has 0 atom stereocenters. The van der Waals surface area contributed by atoms with Crippen LogP contribution in [-0.2, 0) is 11.3 Å². The molecule has 0 aliphatic rings. The first-order valence-corrected chi connectivity index (χ1v) is 5.19. The maximum atomic E-state index is 11.1. The first kappa shape index (κ1) is 13.6. The zero-order chi connectivity index (χ0) is 13.4. The minimum atomic E-state index is -0.640. The molecule has 0 bridgehead atoms. The molecule has 0 heterocycles. The third-order valence-corrected chi connectivity index (χ3v) is 2.09. The lowest BCUT2D eigenvalue weighted by Gasteiger charge is -2.09. The van der Waals surface area contributed by atoms with Gasteiger partial charge in [0, 0.05) is 6.07 Å². The smallest absolute Gasteiger partial charge is 0.408 e. The van der Waals surface area contributed by atoms with E-state index in [1.165, 1.54) is 0 Å². The van der Waals surface area contributed by atoms with E-state index < -0.39 is 6.09 Å². The second-order valence-electron chi connectivity index (χ2n) is 3.31. The van der Waals surface area contributed by atoms with E-state index in [1.54, 1.807) is 38.5 Å². The van der Waals surface area contributed by atoms with Crippen LogP contribution in [0.5, 0.6) is 11.5 Å². The van der Waals surface area contributed by atoms with E-state index in [1.807, 2.05) is 0 Å². The third-order valence-electron chi connectivity index (χ3n) is 2.09. The maximum absolute atomic E-state index is 11.1. The summed E-state index contributed by atoms with van der Waals surface area (Å²) < 4.78 is 15.1.